The minimum atomic E-state index is 0.586. The number of nitrogens with zero attached hydrogens (tertiary/aromatic N) is 2. The number of hydrogen-bond acceptors (Lipinski definition) is 3. The van der Waals surface area contributed by atoms with E-state index >= 15 is 0 Å². The fraction of sp³-hybridized carbons (Fsp3) is 0.471. The van der Waals surface area contributed by atoms with E-state index in [2.05, 4.69) is 65.5 Å². The van der Waals surface area contributed by atoms with E-state index in [4.69, 9.17) is 0 Å². The first-order valence-corrected chi connectivity index (χ1v) is 8.65. The van der Waals surface area contributed by atoms with Crippen molar-refractivity contribution in [1.82, 2.24) is 15.1 Å². The van der Waals surface area contributed by atoms with Crippen LogP contribution in [-0.2, 0) is 13.1 Å². The predicted molar refractivity (Wildman–Crippen MR) is 88.7 cm³/mol. The van der Waals surface area contributed by atoms with Crippen molar-refractivity contribution in [3.63, 3.8) is 0 Å². The molecule has 2 heterocycles. The van der Waals surface area contributed by atoms with Crippen molar-refractivity contribution < 1.29 is 0 Å². The van der Waals surface area contributed by atoms with Gasteiger partial charge in [0.05, 0.1) is 5.69 Å². The van der Waals surface area contributed by atoms with Gasteiger partial charge in [0.15, 0.2) is 0 Å². The Kier molecular flexibility index (Phi) is 4.66. The van der Waals surface area contributed by atoms with E-state index in [1.54, 1.807) is 0 Å². The van der Waals surface area contributed by atoms with E-state index in [9.17, 15) is 0 Å². The maximum absolute atomic E-state index is 4.69. The highest BCUT2D eigenvalue weighted by molar-refractivity contribution is 7.99. The van der Waals surface area contributed by atoms with Crippen LogP contribution in [0.3, 0.4) is 0 Å². The molecule has 4 heteroatoms. The molecule has 1 N–H and O–H groups in total. The van der Waals surface area contributed by atoms with Crippen LogP contribution < -0.4 is 5.32 Å². The summed E-state index contributed by atoms with van der Waals surface area (Å²) in [6.45, 7) is 7.33. The van der Waals surface area contributed by atoms with Crippen molar-refractivity contribution in [2.75, 3.05) is 12.3 Å². The quantitative estimate of drug-likeness (QED) is 0.885. The third-order valence-corrected chi connectivity index (χ3v) is 5.01. The minimum Gasteiger partial charge on any atom is -0.311 e. The van der Waals surface area contributed by atoms with Gasteiger partial charge in [-0.2, -0.15) is 5.10 Å². The second-order valence-electron chi connectivity index (χ2n) is 6.10. The van der Waals surface area contributed by atoms with Crippen LogP contribution in [0.2, 0.25) is 0 Å². The van der Waals surface area contributed by atoms with E-state index in [-0.39, 0.29) is 0 Å². The molecule has 1 aliphatic heterocycles. The summed E-state index contributed by atoms with van der Waals surface area (Å²) >= 11 is 1.97. The van der Waals surface area contributed by atoms with Crippen LogP contribution in [0.4, 0.5) is 0 Å². The van der Waals surface area contributed by atoms with E-state index in [1.165, 1.54) is 16.2 Å². The van der Waals surface area contributed by atoms with E-state index in [0.29, 0.717) is 11.8 Å². The molecule has 3 rings (SSSR count). The van der Waals surface area contributed by atoms with Crippen molar-refractivity contribution in [3.05, 3.63) is 47.8 Å². The first kappa shape index (κ1) is 14.7. The first-order valence-electron chi connectivity index (χ1n) is 7.67. The highest BCUT2D eigenvalue weighted by Gasteiger charge is 2.23. The largest absolute Gasteiger partial charge is 0.311 e. The van der Waals surface area contributed by atoms with Crippen molar-refractivity contribution in [1.29, 1.82) is 0 Å². The van der Waals surface area contributed by atoms with E-state index in [0.717, 1.165) is 25.3 Å². The van der Waals surface area contributed by atoms with Crippen molar-refractivity contribution >= 4 is 11.8 Å². The normalized spacial score (nSPS) is 17.4. The third kappa shape index (κ3) is 3.69. The van der Waals surface area contributed by atoms with Crippen molar-refractivity contribution in [2.24, 2.45) is 5.92 Å². The Morgan fingerprint density at radius 1 is 1.33 bits per heavy atom. The monoisotopic (exact) mass is 301 g/mol. The van der Waals surface area contributed by atoms with Gasteiger partial charge in [-0.3, -0.25) is 4.68 Å². The van der Waals surface area contributed by atoms with Gasteiger partial charge < -0.3 is 5.32 Å². The molecule has 1 aliphatic rings. The molecule has 2 aromatic rings. The third-order valence-electron chi connectivity index (χ3n) is 3.76. The number of aromatic nitrogens is 2. The van der Waals surface area contributed by atoms with Gasteiger partial charge in [0, 0.05) is 35.9 Å². The van der Waals surface area contributed by atoms with E-state index in [1.807, 2.05) is 11.8 Å². The van der Waals surface area contributed by atoms with Crippen molar-refractivity contribution in [2.45, 2.75) is 37.8 Å². The summed E-state index contributed by atoms with van der Waals surface area (Å²) in [5.41, 5.74) is 2.62. The SMILES string of the molecule is CC(C)CNCc1ccn(CC2CSc3ccccc32)n1. The number of hydrogen-bond donors (Lipinski definition) is 1. The van der Waals surface area contributed by atoms with Gasteiger partial charge in [0.1, 0.15) is 0 Å². The fourth-order valence-corrected chi connectivity index (χ4v) is 3.94. The Morgan fingerprint density at radius 2 is 2.19 bits per heavy atom. The first-order chi connectivity index (χ1) is 10.2. The van der Waals surface area contributed by atoms with Crippen LogP contribution in [0.15, 0.2) is 41.4 Å². The molecule has 0 saturated heterocycles. The average molecular weight is 301 g/mol. The molecule has 0 bridgehead atoms. The molecule has 112 valence electrons. The van der Waals surface area contributed by atoms with Gasteiger partial charge in [-0.15, -0.1) is 11.8 Å². The molecule has 0 amide bonds. The number of thioether (sulfide) groups is 1. The van der Waals surface area contributed by atoms with Crippen LogP contribution in [0.25, 0.3) is 0 Å². The van der Waals surface area contributed by atoms with Crippen LogP contribution in [0.5, 0.6) is 0 Å². The molecular formula is C17H23N3S. The lowest BCUT2D eigenvalue weighted by Crippen LogP contribution is -2.19. The van der Waals surface area contributed by atoms with Gasteiger partial charge in [-0.25, -0.2) is 0 Å². The standard InChI is InChI=1S/C17H23N3S/c1-13(2)9-18-10-15-7-8-20(19-15)11-14-12-21-17-6-4-3-5-16(14)17/h3-8,13-14,18H,9-12H2,1-2H3. The summed E-state index contributed by atoms with van der Waals surface area (Å²) in [6, 6.07) is 10.9. The maximum atomic E-state index is 4.69. The molecule has 1 unspecified atom stereocenters. The summed E-state index contributed by atoms with van der Waals surface area (Å²) < 4.78 is 2.10. The summed E-state index contributed by atoms with van der Waals surface area (Å²) in [5, 5.41) is 8.13. The maximum Gasteiger partial charge on any atom is 0.0762 e. The molecule has 0 saturated carbocycles. The molecule has 1 aromatic carbocycles. The van der Waals surface area contributed by atoms with Gasteiger partial charge in [0.25, 0.3) is 0 Å². The molecule has 0 spiro atoms. The van der Waals surface area contributed by atoms with Crippen LogP contribution in [0, 0.1) is 5.92 Å². The Hall–Kier alpha value is -1.26. The molecule has 0 radical (unpaired) electrons. The molecule has 1 aromatic heterocycles. The topological polar surface area (TPSA) is 29.9 Å². The zero-order chi connectivity index (χ0) is 14.7. The second-order valence-corrected chi connectivity index (χ2v) is 7.16. The molecule has 0 aliphatic carbocycles. The Labute approximate surface area is 131 Å². The van der Waals surface area contributed by atoms with Gasteiger partial charge >= 0.3 is 0 Å². The van der Waals surface area contributed by atoms with Crippen molar-refractivity contribution in [3.8, 4) is 0 Å². The highest BCUT2D eigenvalue weighted by atomic mass is 32.2. The van der Waals surface area contributed by atoms with E-state index < -0.39 is 0 Å². The van der Waals surface area contributed by atoms with Gasteiger partial charge in [-0.05, 0) is 30.2 Å². The lowest BCUT2D eigenvalue weighted by molar-refractivity contribution is 0.523. The highest BCUT2D eigenvalue weighted by Crippen LogP contribution is 2.39. The lowest BCUT2D eigenvalue weighted by atomic mass is 10.0. The summed E-state index contributed by atoms with van der Waals surface area (Å²) in [7, 11) is 0. The zero-order valence-corrected chi connectivity index (χ0v) is 13.6. The van der Waals surface area contributed by atoms with Crippen LogP contribution in [0.1, 0.15) is 31.0 Å². The molecule has 3 nitrogen and oxygen atoms in total. The number of nitrogens with one attached hydrogen (secondary N) is 1. The minimum absolute atomic E-state index is 0.586. The Bertz CT molecular complexity index is 591. The Balaban J connectivity index is 1.58. The summed E-state index contributed by atoms with van der Waals surface area (Å²) in [4.78, 5) is 1.44. The molecular weight excluding hydrogens is 278 g/mol. The Morgan fingerprint density at radius 3 is 3.05 bits per heavy atom. The predicted octanol–water partition coefficient (Wildman–Crippen LogP) is 3.52. The second kappa shape index (κ2) is 6.67. The molecule has 21 heavy (non-hydrogen) atoms. The number of fused-ring (bicyclic) bond motifs is 1. The fourth-order valence-electron chi connectivity index (χ4n) is 2.69. The number of rotatable bonds is 6. The zero-order valence-electron chi connectivity index (χ0n) is 12.7. The van der Waals surface area contributed by atoms with Gasteiger partial charge in [0.2, 0.25) is 0 Å². The smallest absolute Gasteiger partial charge is 0.0762 e. The average Bonchev–Trinajstić information content (AvgIpc) is 3.07. The number of benzene rings is 1. The summed E-state index contributed by atoms with van der Waals surface area (Å²) in [6.07, 6.45) is 2.11. The van der Waals surface area contributed by atoms with Gasteiger partial charge in [-0.1, -0.05) is 32.0 Å². The van der Waals surface area contributed by atoms with Crippen LogP contribution in [-0.4, -0.2) is 22.1 Å². The van der Waals surface area contributed by atoms with Crippen LogP contribution >= 0.6 is 11.8 Å². The summed E-state index contributed by atoms with van der Waals surface area (Å²) in [5.74, 6) is 2.43. The molecule has 0 fully saturated rings. The molecule has 1 atom stereocenters. The lowest BCUT2D eigenvalue weighted by Gasteiger charge is -2.10.